The van der Waals surface area contributed by atoms with Crippen molar-refractivity contribution in [1.82, 2.24) is 0 Å². The van der Waals surface area contributed by atoms with E-state index in [9.17, 15) is 4.79 Å². The minimum Gasteiger partial charge on any atom is -0.367 e. The summed E-state index contributed by atoms with van der Waals surface area (Å²) in [5, 5.41) is 3.12. The lowest BCUT2D eigenvalue weighted by molar-refractivity contribution is -0.119. The van der Waals surface area contributed by atoms with Gasteiger partial charge < -0.3 is 10.2 Å². The fraction of sp³-hybridized carbons (Fsp3) is 0.450. The Morgan fingerprint density at radius 1 is 1.32 bits per heavy atom. The molecule has 0 radical (unpaired) electrons. The number of nitrogens with zero attached hydrogens (tertiary/aromatic N) is 1. The first-order valence-corrected chi connectivity index (χ1v) is 10.4. The highest BCUT2D eigenvalue weighted by Gasteiger charge is 2.21. The van der Waals surface area contributed by atoms with Crippen molar-refractivity contribution in [2.24, 2.45) is 5.92 Å². The summed E-state index contributed by atoms with van der Waals surface area (Å²) in [6.07, 6.45) is 1.95. The Balaban J connectivity index is 1.82. The van der Waals surface area contributed by atoms with E-state index in [4.69, 9.17) is 0 Å². The molecule has 1 atom stereocenters. The molecular weight excluding hydrogens is 396 g/mol. The molecule has 1 N–H and O–H groups in total. The second kappa shape index (κ2) is 7.50. The van der Waals surface area contributed by atoms with Crippen LogP contribution in [-0.4, -0.2) is 12.5 Å². The van der Waals surface area contributed by atoms with Crippen molar-refractivity contribution in [3.05, 3.63) is 43.6 Å². The Bertz CT molecular complexity index is 776. The second-order valence-corrected chi connectivity index (χ2v) is 9.44. The Morgan fingerprint density at radius 3 is 2.64 bits per heavy atom. The van der Waals surface area contributed by atoms with E-state index >= 15 is 0 Å². The molecule has 0 bridgehead atoms. The van der Waals surface area contributed by atoms with Gasteiger partial charge in [0.1, 0.15) is 0 Å². The Hall–Kier alpha value is -1.33. The summed E-state index contributed by atoms with van der Waals surface area (Å²) in [5.74, 6) is 0.142. The summed E-state index contributed by atoms with van der Waals surface area (Å²) in [5.41, 5.74) is 5.88. The fourth-order valence-corrected chi connectivity index (χ4v) is 5.02. The molecule has 1 aromatic carbocycles. The highest BCUT2D eigenvalue weighted by molar-refractivity contribution is 9.11. The molecule has 3 rings (SSSR count). The molecule has 0 saturated carbocycles. The van der Waals surface area contributed by atoms with Crippen LogP contribution in [-0.2, 0) is 17.8 Å². The van der Waals surface area contributed by atoms with Gasteiger partial charge in [0, 0.05) is 35.3 Å². The molecule has 1 aliphatic rings. The molecule has 2 heterocycles. The summed E-state index contributed by atoms with van der Waals surface area (Å²) in [6.45, 7) is 10.2. The van der Waals surface area contributed by atoms with E-state index in [0.29, 0.717) is 0 Å². The molecule has 1 aliphatic heterocycles. The van der Waals surface area contributed by atoms with Crippen LogP contribution in [0.4, 0.5) is 11.4 Å². The van der Waals surface area contributed by atoms with Gasteiger partial charge >= 0.3 is 0 Å². The number of carbonyl (C=O) groups excluding carboxylic acids is 1. The van der Waals surface area contributed by atoms with E-state index < -0.39 is 0 Å². The van der Waals surface area contributed by atoms with Crippen molar-refractivity contribution in [3.63, 3.8) is 0 Å². The molecule has 3 nitrogen and oxygen atoms in total. The zero-order chi connectivity index (χ0) is 18.1. The van der Waals surface area contributed by atoms with Crippen LogP contribution in [0.5, 0.6) is 0 Å². The molecule has 134 valence electrons. The number of hydrogen-bond acceptors (Lipinski definition) is 3. The monoisotopic (exact) mass is 420 g/mol. The summed E-state index contributed by atoms with van der Waals surface area (Å²) in [6, 6.07) is 6.64. The lowest BCUT2D eigenvalue weighted by Crippen LogP contribution is -2.29. The van der Waals surface area contributed by atoms with Gasteiger partial charge in [-0.1, -0.05) is 13.8 Å². The van der Waals surface area contributed by atoms with Gasteiger partial charge in [-0.25, -0.2) is 0 Å². The smallest absolute Gasteiger partial charge is 0.227 e. The fourth-order valence-electron chi connectivity index (χ4n) is 3.27. The molecule has 0 saturated heterocycles. The van der Waals surface area contributed by atoms with Gasteiger partial charge in [0.15, 0.2) is 0 Å². The zero-order valence-electron chi connectivity index (χ0n) is 15.3. The third-order valence-corrected chi connectivity index (χ3v) is 6.77. The first-order chi connectivity index (χ1) is 11.9. The largest absolute Gasteiger partial charge is 0.367 e. The maximum Gasteiger partial charge on any atom is 0.227 e. The Labute approximate surface area is 162 Å². The average Bonchev–Trinajstić information content (AvgIpc) is 2.95. The van der Waals surface area contributed by atoms with E-state index in [-0.39, 0.29) is 11.8 Å². The topological polar surface area (TPSA) is 32.3 Å². The number of benzene rings is 1. The first kappa shape index (κ1) is 18.5. The number of nitrogens with one attached hydrogen (secondary N) is 1. The van der Waals surface area contributed by atoms with Crippen molar-refractivity contribution in [2.75, 3.05) is 16.8 Å². The van der Waals surface area contributed by atoms with Gasteiger partial charge in [-0.05, 0) is 77.5 Å². The van der Waals surface area contributed by atoms with Crippen LogP contribution in [0.3, 0.4) is 0 Å². The van der Waals surface area contributed by atoms with Gasteiger partial charge in [-0.2, -0.15) is 0 Å². The molecule has 1 amide bonds. The molecule has 2 aromatic rings. The normalized spacial score (nSPS) is 15.0. The first-order valence-electron chi connectivity index (χ1n) is 8.83. The number of thiophene rings is 1. The van der Waals surface area contributed by atoms with Crippen LogP contribution >= 0.6 is 27.3 Å². The van der Waals surface area contributed by atoms with Gasteiger partial charge in [0.05, 0.1) is 3.79 Å². The highest BCUT2D eigenvalue weighted by atomic mass is 79.9. The maximum atomic E-state index is 12.2. The Kier molecular flexibility index (Phi) is 5.54. The van der Waals surface area contributed by atoms with Crippen LogP contribution in [0.1, 0.15) is 41.8 Å². The quantitative estimate of drug-likeness (QED) is 0.690. The van der Waals surface area contributed by atoms with Crippen LogP contribution in [0, 0.1) is 19.8 Å². The van der Waals surface area contributed by atoms with Crippen LogP contribution in [0.25, 0.3) is 0 Å². The van der Waals surface area contributed by atoms with E-state index in [0.717, 1.165) is 42.7 Å². The van der Waals surface area contributed by atoms with E-state index in [1.165, 1.54) is 19.9 Å². The van der Waals surface area contributed by atoms with E-state index in [2.05, 4.69) is 58.2 Å². The van der Waals surface area contributed by atoms with Gasteiger partial charge in [0.2, 0.25) is 5.91 Å². The summed E-state index contributed by atoms with van der Waals surface area (Å²) >= 11 is 5.45. The molecule has 0 aliphatic carbocycles. The molecule has 0 spiro atoms. The number of halogens is 1. The Morgan fingerprint density at radius 2 is 2.00 bits per heavy atom. The van der Waals surface area contributed by atoms with Crippen molar-refractivity contribution < 1.29 is 4.79 Å². The van der Waals surface area contributed by atoms with Crippen LogP contribution in [0.2, 0.25) is 0 Å². The van der Waals surface area contributed by atoms with E-state index in [1.54, 1.807) is 0 Å². The zero-order valence-corrected chi connectivity index (χ0v) is 17.7. The standard InChI is InChI=1S/C20H25BrN2OS/c1-5-12(2)20(24)22-19-13(3)8-16(9-14(19)4)23-7-6-17-15(11-23)10-18(21)25-17/h8-10,12H,5-7,11H2,1-4H3,(H,22,24). The van der Waals surface area contributed by atoms with Crippen molar-refractivity contribution in [2.45, 2.75) is 47.1 Å². The van der Waals surface area contributed by atoms with E-state index in [1.807, 2.05) is 25.2 Å². The molecular formula is C20H25BrN2OS. The third kappa shape index (κ3) is 3.93. The van der Waals surface area contributed by atoms with Crippen LogP contribution in [0.15, 0.2) is 22.0 Å². The third-order valence-electron chi connectivity index (χ3n) is 5.03. The maximum absolute atomic E-state index is 12.2. The molecule has 25 heavy (non-hydrogen) atoms. The summed E-state index contributed by atoms with van der Waals surface area (Å²) in [4.78, 5) is 16.2. The minimum absolute atomic E-state index is 0.0380. The van der Waals surface area contributed by atoms with Gasteiger partial charge in [-0.3, -0.25) is 4.79 Å². The number of rotatable bonds is 4. The number of amides is 1. The lowest BCUT2D eigenvalue weighted by atomic mass is 10.0. The number of anilines is 2. The molecule has 1 aromatic heterocycles. The summed E-state index contributed by atoms with van der Waals surface area (Å²) < 4.78 is 1.22. The number of fused-ring (bicyclic) bond motifs is 1. The summed E-state index contributed by atoms with van der Waals surface area (Å²) in [7, 11) is 0. The average molecular weight is 421 g/mol. The van der Waals surface area contributed by atoms with Crippen molar-refractivity contribution in [3.8, 4) is 0 Å². The van der Waals surface area contributed by atoms with Crippen LogP contribution < -0.4 is 10.2 Å². The van der Waals surface area contributed by atoms with Crippen molar-refractivity contribution in [1.29, 1.82) is 0 Å². The number of hydrogen-bond donors (Lipinski definition) is 1. The molecule has 1 unspecified atom stereocenters. The van der Waals surface area contributed by atoms with Gasteiger partial charge in [-0.15, -0.1) is 11.3 Å². The lowest BCUT2D eigenvalue weighted by Gasteiger charge is -2.30. The number of aryl methyl sites for hydroxylation is 2. The predicted octanol–water partition coefficient (Wildman–Crippen LogP) is 5.67. The SMILES string of the molecule is CCC(C)C(=O)Nc1c(C)cc(N2CCc3sc(Br)cc3C2)cc1C. The van der Waals surface area contributed by atoms with Crippen molar-refractivity contribution >= 4 is 44.5 Å². The predicted molar refractivity (Wildman–Crippen MR) is 111 cm³/mol. The van der Waals surface area contributed by atoms with Gasteiger partial charge in [0.25, 0.3) is 0 Å². The molecule has 0 fully saturated rings. The second-order valence-electron chi connectivity index (χ2n) is 6.92. The minimum atomic E-state index is 0.0380. The number of carbonyl (C=O) groups is 1. The molecule has 5 heteroatoms. The highest BCUT2D eigenvalue weighted by Crippen LogP contribution is 2.35.